The van der Waals surface area contributed by atoms with Gasteiger partial charge in [0.15, 0.2) is 5.82 Å². The molecule has 26 heavy (non-hydrogen) atoms. The van der Waals surface area contributed by atoms with E-state index in [0.29, 0.717) is 24.0 Å². The third-order valence-electron chi connectivity index (χ3n) is 3.86. The van der Waals surface area contributed by atoms with E-state index in [-0.39, 0.29) is 11.9 Å². The van der Waals surface area contributed by atoms with Crippen molar-refractivity contribution in [3.8, 4) is 5.75 Å². The minimum absolute atomic E-state index is 0.0262. The van der Waals surface area contributed by atoms with Crippen molar-refractivity contribution in [2.75, 3.05) is 11.9 Å². The lowest BCUT2D eigenvalue weighted by Crippen LogP contribution is -2.10. The first-order valence-electron chi connectivity index (χ1n) is 8.42. The third-order valence-corrected chi connectivity index (χ3v) is 3.86. The fraction of sp³-hybridized carbons (Fsp3) is 0.333. The summed E-state index contributed by atoms with van der Waals surface area (Å²) in [6, 6.07) is 11.3. The maximum absolute atomic E-state index is 11.0. The van der Waals surface area contributed by atoms with Crippen LogP contribution in [-0.2, 0) is 0 Å². The van der Waals surface area contributed by atoms with E-state index < -0.39 is 4.92 Å². The summed E-state index contributed by atoms with van der Waals surface area (Å²) < 4.78 is 6.91. The molecular formula is C18H21N5O3. The molecule has 0 amide bonds. The Kier molecular flexibility index (Phi) is 5.01. The lowest BCUT2D eigenvalue weighted by Gasteiger charge is -2.15. The zero-order valence-corrected chi connectivity index (χ0v) is 14.9. The number of hydrogen-bond donors (Lipinski definition) is 1. The van der Waals surface area contributed by atoms with E-state index in [0.717, 1.165) is 11.3 Å². The monoisotopic (exact) mass is 355 g/mol. The molecule has 3 aromatic rings. The summed E-state index contributed by atoms with van der Waals surface area (Å²) in [6.45, 7) is 6.89. The van der Waals surface area contributed by atoms with Gasteiger partial charge in [-0.2, -0.15) is 0 Å². The Morgan fingerprint density at radius 1 is 1.19 bits per heavy atom. The Labute approximate surface area is 151 Å². The normalized spacial score (nSPS) is 12.3. The number of fused-ring (bicyclic) bond motifs is 1. The fourth-order valence-electron chi connectivity index (χ4n) is 2.48. The standard InChI is InChI=1S/C18H21N5O3/c1-12(2)11-26-15-6-4-14(5-7-15)13(3)20-16-8-9-17-19-10-18(23(24)25)22(17)21-16/h4-10,12-13H,11H2,1-3H3,(H,20,21). The molecule has 8 nitrogen and oxygen atoms in total. The molecule has 0 radical (unpaired) electrons. The van der Waals surface area contributed by atoms with Crippen LogP contribution in [0.15, 0.2) is 42.6 Å². The molecule has 0 saturated carbocycles. The Bertz CT molecular complexity index is 905. The Morgan fingerprint density at radius 3 is 2.58 bits per heavy atom. The molecule has 1 unspecified atom stereocenters. The molecule has 0 saturated heterocycles. The van der Waals surface area contributed by atoms with Crippen LogP contribution in [0, 0.1) is 16.0 Å². The molecule has 2 heterocycles. The van der Waals surface area contributed by atoms with Crippen LogP contribution in [0.2, 0.25) is 0 Å². The van der Waals surface area contributed by atoms with Crippen molar-refractivity contribution >= 4 is 17.3 Å². The van der Waals surface area contributed by atoms with Gasteiger partial charge < -0.3 is 20.2 Å². The van der Waals surface area contributed by atoms with E-state index in [1.807, 2.05) is 31.2 Å². The second-order valence-corrected chi connectivity index (χ2v) is 6.50. The first-order valence-corrected chi connectivity index (χ1v) is 8.42. The van der Waals surface area contributed by atoms with Gasteiger partial charge in [0.1, 0.15) is 11.9 Å². The van der Waals surface area contributed by atoms with E-state index in [1.165, 1.54) is 10.7 Å². The van der Waals surface area contributed by atoms with E-state index in [2.05, 4.69) is 29.2 Å². The molecule has 0 aliphatic rings. The van der Waals surface area contributed by atoms with E-state index in [4.69, 9.17) is 4.74 Å². The SMILES string of the molecule is CC(C)COc1ccc(C(C)Nc2ccc3ncc([N+](=O)[O-])n3n2)cc1. The number of anilines is 1. The number of rotatable bonds is 7. The largest absolute Gasteiger partial charge is 0.493 e. The molecule has 8 heteroatoms. The summed E-state index contributed by atoms with van der Waals surface area (Å²) in [7, 11) is 0. The number of imidazole rings is 1. The minimum atomic E-state index is -0.504. The zero-order chi connectivity index (χ0) is 18.7. The van der Waals surface area contributed by atoms with Crippen molar-refractivity contribution in [2.45, 2.75) is 26.8 Å². The number of aromatic nitrogens is 3. The van der Waals surface area contributed by atoms with Crippen LogP contribution in [0.1, 0.15) is 32.4 Å². The van der Waals surface area contributed by atoms with Crippen molar-refractivity contribution in [1.82, 2.24) is 14.6 Å². The summed E-state index contributed by atoms with van der Waals surface area (Å²) in [6.07, 6.45) is 1.20. The van der Waals surface area contributed by atoms with Gasteiger partial charge in [0.05, 0.1) is 12.6 Å². The van der Waals surface area contributed by atoms with Gasteiger partial charge >= 0.3 is 5.82 Å². The highest BCUT2D eigenvalue weighted by Gasteiger charge is 2.16. The van der Waals surface area contributed by atoms with Crippen LogP contribution in [0.25, 0.3) is 5.65 Å². The molecule has 3 rings (SSSR count). The Morgan fingerprint density at radius 2 is 1.92 bits per heavy atom. The van der Waals surface area contributed by atoms with E-state index >= 15 is 0 Å². The van der Waals surface area contributed by atoms with Gasteiger partial charge in [0, 0.05) is 6.07 Å². The first kappa shape index (κ1) is 17.7. The fourth-order valence-corrected chi connectivity index (χ4v) is 2.48. The van der Waals surface area contributed by atoms with Crippen molar-refractivity contribution in [1.29, 1.82) is 0 Å². The summed E-state index contributed by atoms with van der Waals surface area (Å²) >= 11 is 0. The van der Waals surface area contributed by atoms with Crippen LogP contribution >= 0.6 is 0 Å². The molecule has 136 valence electrons. The van der Waals surface area contributed by atoms with Crippen LogP contribution in [0.3, 0.4) is 0 Å². The van der Waals surface area contributed by atoms with Crippen molar-refractivity contribution in [2.24, 2.45) is 5.92 Å². The summed E-state index contributed by atoms with van der Waals surface area (Å²) in [4.78, 5) is 14.5. The zero-order valence-electron chi connectivity index (χ0n) is 14.9. The molecular weight excluding hydrogens is 334 g/mol. The van der Waals surface area contributed by atoms with Gasteiger partial charge in [-0.25, -0.2) is 4.98 Å². The highest BCUT2D eigenvalue weighted by atomic mass is 16.6. The van der Waals surface area contributed by atoms with Gasteiger partial charge in [0.25, 0.3) is 0 Å². The first-order chi connectivity index (χ1) is 12.4. The third kappa shape index (κ3) is 3.90. The topological polar surface area (TPSA) is 94.6 Å². The number of nitrogens with zero attached hydrogens (tertiary/aromatic N) is 4. The van der Waals surface area contributed by atoms with Gasteiger partial charge in [-0.3, -0.25) is 0 Å². The highest BCUT2D eigenvalue weighted by molar-refractivity contribution is 5.49. The van der Waals surface area contributed by atoms with E-state index in [9.17, 15) is 10.1 Å². The number of ether oxygens (including phenoxy) is 1. The predicted octanol–water partition coefficient (Wildman–Crippen LogP) is 3.85. The maximum atomic E-state index is 11.0. The van der Waals surface area contributed by atoms with Crippen molar-refractivity contribution < 1.29 is 9.66 Å². The van der Waals surface area contributed by atoms with Gasteiger partial charge in [-0.05, 0) is 41.5 Å². The van der Waals surface area contributed by atoms with E-state index in [1.54, 1.807) is 12.1 Å². The van der Waals surface area contributed by atoms with Crippen LogP contribution in [0.5, 0.6) is 5.75 Å². The molecule has 1 atom stereocenters. The summed E-state index contributed by atoms with van der Waals surface area (Å²) in [5, 5.41) is 18.5. The number of benzene rings is 1. The molecule has 1 aromatic carbocycles. The number of hydrogen-bond acceptors (Lipinski definition) is 6. The van der Waals surface area contributed by atoms with Crippen molar-refractivity contribution in [3.63, 3.8) is 0 Å². The van der Waals surface area contributed by atoms with Crippen LogP contribution < -0.4 is 10.1 Å². The minimum Gasteiger partial charge on any atom is -0.493 e. The molecule has 2 aromatic heterocycles. The molecule has 1 N–H and O–H groups in total. The lowest BCUT2D eigenvalue weighted by molar-refractivity contribution is -0.391. The second kappa shape index (κ2) is 7.38. The van der Waals surface area contributed by atoms with Crippen LogP contribution in [0.4, 0.5) is 11.6 Å². The lowest BCUT2D eigenvalue weighted by atomic mass is 10.1. The summed E-state index contributed by atoms with van der Waals surface area (Å²) in [5.74, 6) is 1.68. The highest BCUT2D eigenvalue weighted by Crippen LogP contribution is 2.22. The molecule has 0 fully saturated rings. The molecule has 0 bridgehead atoms. The Balaban J connectivity index is 1.73. The second-order valence-electron chi connectivity index (χ2n) is 6.50. The number of nitro groups is 1. The quantitative estimate of drug-likeness (QED) is 0.511. The smallest absolute Gasteiger partial charge is 0.368 e. The van der Waals surface area contributed by atoms with Gasteiger partial charge in [-0.1, -0.05) is 35.6 Å². The average molecular weight is 355 g/mol. The van der Waals surface area contributed by atoms with Crippen molar-refractivity contribution in [3.05, 3.63) is 58.3 Å². The molecule has 0 aliphatic carbocycles. The molecule has 0 aliphatic heterocycles. The Hall–Kier alpha value is -3.16. The average Bonchev–Trinajstić information content (AvgIpc) is 3.03. The van der Waals surface area contributed by atoms with Gasteiger partial charge in [-0.15, -0.1) is 0 Å². The summed E-state index contributed by atoms with van der Waals surface area (Å²) in [5.41, 5.74) is 1.49. The predicted molar refractivity (Wildman–Crippen MR) is 98.5 cm³/mol. The van der Waals surface area contributed by atoms with Gasteiger partial charge in [0.2, 0.25) is 5.65 Å². The van der Waals surface area contributed by atoms with Crippen LogP contribution in [-0.4, -0.2) is 26.1 Å². The number of nitrogens with one attached hydrogen (secondary N) is 1. The molecule has 0 spiro atoms. The maximum Gasteiger partial charge on any atom is 0.368 e.